The molecular weight excluding hydrogens is 324 g/mol. The van der Waals surface area contributed by atoms with Crippen LogP contribution in [0.5, 0.6) is 0 Å². The summed E-state index contributed by atoms with van der Waals surface area (Å²) in [4.78, 5) is 20.3. The molecule has 0 radical (unpaired) electrons. The van der Waals surface area contributed by atoms with Crippen LogP contribution in [0.1, 0.15) is 23.9 Å². The summed E-state index contributed by atoms with van der Waals surface area (Å²) in [6.07, 6.45) is 0.522. The normalized spacial score (nSPS) is 14.8. The van der Waals surface area contributed by atoms with E-state index in [1.807, 2.05) is 6.92 Å². The molecular formula is C17H22N4O2S. The maximum Gasteiger partial charge on any atom is 0.409 e. The molecule has 24 heavy (non-hydrogen) atoms. The van der Waals surface area contributed by atoms with Crippen LogP contribution in [0.3, 0.4) is 0 Å². The van der Waals surface area contributed by atoms with Crippen LogP contribution in [0.2, 0.25) is 0 Å². The lowest BCUT2D eigenvalue weighted by Crippen LogP contribution is -2.49. The molecule has 0 atom stereocenters. The highest BCUT2D eigenvalue weighted by molar-refractivity contribution is 7.09. The fourth-order valence-electron chi connectivity index (χ4n) is 2.63. The number of ether oxygens (including phenoxy) is 1. The summed E-state index contributed by atoms with van der Waals surface area (Å²) in [7, 11) is 0. The van der Waals surface area contributed by atoms with Gasteiger partial charge in [-0.25, -0.2) is 9.78 Å². The van der Waals surface area contributed by atoms with Gasteiger partial charge in [0.25, 0.3) is 0 Å². The molecule has 0 aliphatic carbocycles. The third kappa shape index (κ3) is 4.03. The zero-order valence-electron chi connectivity index (χ0n) is 14.1. The number of amides is 1. The van der Waals surface area contributed by atoms with Crippen LogP contribution >= 0.6 is 11.5 Å². The fraction of sp³-hybridized carbons (Fsp3) is 0.471. The molecule has 1 aliphatic rings. The van der Waals surface area contributed by atoms with Crippen molar-refractivity contribution in [1.29, 1.82) is 0 Å². The number of aromatic nitrogens is 2. The molecule has 1 amide bonds. The Morgan fingerprint density at radius 2 is 1.92 bits per heavy atom. The minimum absolute atomic E-state index is 0.227. The van der Waals surface area contributed by atoms with Crippen LogP contribution in [-0.4, -0.2) is 53.1 Å². The van der Waals surface area contributed by atoms with Crippen molar-refractivity contribution >= 4 is 22.8 Å². The Hall–Kier alpha value is -2.15. The highest BCUT2D eigenvalue weighted by Gasteiger charge is 2.23. The number of nitrogens with zero attached hydrogens (tertiary/aromatic N) is 4. The molecule has 2 aromatic rings. The molecule has 128 valence electrons. The second-order valence-corrected chi connectivity index (χ2v) is 6.56. The van der Waals surface area contributed by atoms with Crippen LogP contribution in [0.4, 0.5) is 9.93 Å². The van der Waals surface area contributed by atoms with Gasteiger partial charge < -0.3 is 14.5 Å². The molecule has 0 unspecified atom stereocenters. The second kappa shape index (κ2) is 7.61. The minimum atomic E-state index is -0.227. The van der Waals surface area contributed by atoms with Gasteiger partial charge in [0.05, 0.1) is 6.61 Å². The van der Waals surface area contributed by atoms with Crippen molar-refractivity contribution in [3.8, 4) is 0 Å². The standard InChI is InChI=1S/C17H22N4O2S/c1-3-23-17(22)21-10-8-20(9-11-21)16-18-15(19-24-16)12-14-6-4-13(2)5-7-14/h4-7H,3,8-12H2,1-2H3. The first-order chi connectivity index (χ1) is 11.7. The van der Waals surface area contributed by atoms with E-state index in [0.29, 0.717) is 19.7 Å². The van der Waals surface area contributed by atoms with Crippen LogP contribution in [0.25, 0.3) is 0 Å². The predicted octanol–water partition coefficient (Wildman–Crippen LogP) is 2.72. The van der Waals surface area contributed by atoms with Gasteiger partial charge in [-0.1, -0.05) is 29.8 Å². The van der Waals surface area contributed by atoms with Gasteiger partial charge >= 0.3 is 6.09 Å². The van der Waals surface area contributed by atoms with Crippen LogP contribution < -0.4 is 4.90 Å². The largest absolute Gasteiger partial charge is 0.450 e. The second-order valence-electron chi connectivity index (χ2n) is 5.83. The minimum Gasteiger partial charge on any atom is -0.450 e. The van der Waals surface area contributed by atoms with E-state index < -0.39 is 0 Å². The summed E-state index contributed by atoms with van der Waals surface area (Å²) in [6, 6.07) is 8.46. The van der Waals surface area contributed by atoms with Crippen LogP contribution in [-0.2, 0) is 11.2 Å². The van der Waals surface area contributed by atoms with Crippen molar-refractivity contribution in [2.24, 2.45) is 0 Å². The molecule has 0 N–H and O–H groups in total. The first-order valence-electron chi connectivity index (χ1n) is 8.20. The Labute approximate surface area is 146 Å². The van der Waals surface area contributed by atoms with Crippen molar-refractivity contribution < 1.29 is 9.53 Å². The third-order valence-corrected chi connectivity index (χ3v) is 4.83. The van der Waals surface area contributed by atoms with Gasteiger partial charge in [0.1, 0.15) is 5.82 Å². The topological polar surface area (TPSA) is 58.6 Å². The van der Waals surface area contributed by atoms with E-state index in [0.717, 1.165) is 30.5 Å². The summed E-state index contributed by atoms with van der Waals surface area (Å²) >= 11 is 1.43. The van der Waals surface area contributed by atoms with E-state index >= 15 is 0 Å². The summed E-state index contributed by atoms with van der Waals surface area (Å²) < 4.78 is 9.52. The number of hydrogen-bond acceptors (Lipinski definition) is 6. The molecule has 2 heterocycles. The molecule has 0 saturated carbocycles. The Balaban J connectivity index is 1.56. The van der Waals surface area contributed by atoms with E-state index in [1.165, 1.54) is 22.7 Å². The van der Waals surface area contributed by atoms with Gasteiger partial charge in [0.2, 0.25) is 5.13 Å². The predicted molar refractivity (Wildman–Crippen MR) is 94.7 cm³/mol. The quantitative estimate of drug-likeness (QED) is 0.852. The molecule has 1 fully saturated rings. The molecule has 7 heteroatoms. The lowest BCUT2D eigenvalue weighted by atomic mass is 10.1. The first kappa shape index (κ1) is 16.7. The maximum atomic E-state index is 11.7. The zero-order chi connectivity index (χ0) is 16.9. The Bertz CT molecular complexity index is 678. The number of carbonyl (C=O) groups excluding carboxylic acids is 1. The van der Waals surface area contributed by atoms with Gasteiger partial charge in [-0.05, 0) is 19.4 Å². The SMILES string of the molecule is CCOC(=O)N1CCN(c2nc(Cc3ccc(C)cc3)ns2)CC1. The number of rotatable bonds is 4. The van der Waals surface area contributed by atoms with Crippen molar-refractivity contribution in [2.45, 2.75) is 20.3 Å². The average molecular weight is 346 g/mol. The van der Waals surface area contributed by atoms with E-state index in [9.17, 15) is 4.79 Å². The molecule has 1 saturated heterocycles. The smallest absolute Gasteiger partial charge is 0.409 e. The van der Waals surface area contributed by atoms with Crippen molar-refractivity contribution in [1.82, 2.24) is 14.3 Å². The van der Waals surface area contributed by atoms with Gasteiger partial charge in [0, 0.05) is 44.1 Å². The molecule has 6 nitrogen and oxygen atoms in total. The molecule has 1 aromatic heterocycles. The summed E-state index contributed by atoms with van der Waals surface area (Å²) in [5.74, 6) is 0.853. The lowest BCUT2D eigenvalue weighted by molar-refractivity contribution is 0.105. The summed E-state index contributed by atoms with van der Waals surface area (Å²) in [6.45, 7) is 7.16. The summed E-state index contributed by atoms with van der Waals surface area (Å²) in [5, 5.41) is 0.931. The number of hydrogen-bond donors (Lipinski definition) is 0. The highest BCUT2D eigenvalue weighted by atomic mass is 32.1. The monoisotopic (exact) mass is 346 g/mol. The van der Waals surface area contributed by atoms with Crippen molar-refractivity contribution in [3.05, 3.63) is 41.2 Å². The number of aryl methyl sites for hydroxylation is 1. The van der Waals surface area contributed by atoms with Gasteiger partial charge in [-0.15, -0.1) is 0 Å². The lowest BCUT2D eigenvalue weighted by Gasteiger charge is -2.33. The average Bonchev–Trinajstić information content (AvgIpc) is 3.06. The molecule has 0 spiro atoms. The third-order valence-electron chi connectivity index (χ3n) is 4.02. The van der Waals surface area contributed by atoms with E-state index in [1.54, 1.807) is 4.90 Å². The first-order valence-corrected chi connectivity index (χ1v) is 8.98. The zero-order valence-corrected chi connectivity index (χ0v) is 14.9. The maximum absolute atomic E-state index is 11.7. The van der Waals surface area contributed by atoms with Gasteiger partial charge in [0.15, 0.2) is 0 Å². The van der Waals surface area contributed by atoms with E-state index in [2.05, 4.69) is 45.4 Å². The molecule has 1 aromatic carbocycles. The molecule has 3 rings (SSSR count). The summed E-state index contributed by atoms with van der Waals surface area (Å²) in [5.41, 5.74) is 2.47. The highest BCUT2D eigenvalue weighted by Crippen LogP contribution is 2.20. The van der Waals surface area contributed by atoms with Crippen molar-refractivity contribution in [2.75, 3.05) is 37.7 Å². The van der Waals surface area contributed by atoms with Gasteiger partial charge in [-0.2, -0.15) is 4.37 Å². The van der Waals surface area contributed by atoms with E-state index in [-0.39, 0.29) is 6.09 Å². The fourth-order valence-corrected chi connectivity index (χ4v) is 3.37. The number of anilines is 1. The Morgan fingerprint density at radius 1 is 1.21 bits per heavy atom. The number of benzene rings is 1. The number of piperazine rings is 1. The Kier molecular flexibility index (Phi) is 5.30. The van der Waals surface area contributed by atoms with Crippen LogP contribution in [0.15, 0.2) is 24.3 Å². The van der Waals surface area contributed by atoms with E-state index in [4.69, 9.17) is 4.74 Å². The van der Waals surface area contributed by atoms with Gasteiger partial charge in [-0.3, -0.25) is 0 Å². The molecule has 1 aliphatic heterocycles. The molecule has 0 bridgehead atoms. The number of carbonyl (C=O) groups is 1. The van der Waals surface area contributed by atoms with Crippen LogP contribution in [0, 0.1) is 6.92 Å². The van der Waals surface area contributed by atoms with Crippen molar-refractivity contribution in [3.63, 3.8) is 0 Å². The Morgan fingerprint density at radius 3 is 2.58 bits per heavy atom.